The largest absolute Gasteiger partial charge is 0.403 e. The lowest BCUT2D eigenvalue weighted by Gasteiger charge is -2.41. The van der Waals surface area contributed by atoms with Gasteiger partial charge < -0.3 is 18.4 Å². The van der Waals surface area contributed by atoms with Crippen molar-refractivity contribution in [2.45, 2.75) is 39.3 Å². The highest BCUT2D eigenvalue weighted by molar-refractivity contribution is 7.54. The van der Waals surface area contributed by atoms with Crippen LogP contribution in [0.2, 0.25) is 19.6 Å². The maximum absolute atomic E-state index is 12.8. The van der Waals surface area contributed by atoms with Crippen LogP contribution >= 0.6 is 7.60 Å². The molecule has 0 aromatic rings. The fraction of sp³-hybridized carbons (Fsp3) is 1.00. The highest BCUT2D eigenvalue weighted by atomic mass is 31.2. The van der Waals surface area contributed by atoms with Gasteiger partial charge in [-0.3, -0.25) is 4.57 Å². The van der Waals surface area contributed by atoms with Crippen LogP contribution in [0.1, 0.15) is 13.8 Å². The van der Waals surface area contributed by atoms with Gasteiger partial charge in [0.2, 0.25) is 0 Å². The molecule has 7 heteroatoms. The minimum atomic E-state index is -3.28. The molecule has 0 rings (SSSR count). The van der Waals surface area contributed by atoms with E-state index < -0.39 is 21.8 Å². The van der Waals surface area contributed by atoms with Crippen LogP contribution < -0.4 is 0 Å². The lowest BCUT2D eigenvalue weighted by atomic mass is 9.94. The van der Waals surface area contributed by atoms with E-state index in [0.29, 0.717) is 0 Å². The van der Waals surface area contributed by atoms with Crippen molar-refractivity contribution in [3.63, 3.8) is 0 Å². The molecule has 0 radical (unpaired) electrons. The van der Waals surface area contributed by atoms with E-state index in [1.165, 1.54) is 14.2 Å². The predicted octanol–water partition coefficient (Wildman–Crippen LogP) is 3.24. The molecule has 5 nitrogen and oxygen atoms in total. The van der Waals surface area contributed by atoms with Gasteiger partial charge in [0.05, 0.1) is 0 Å². The molecule has 0 aromatic carbocycles. The van der Waals surface area contributed by atoms with Crippen LogP contribution in [0.25, 0.3) is 0 Å². The third-order valence-electron chi connectivity index (χ3n) is 2.65. The Kier molecular flexibility index (Phi) is 6.93. The van der Waals surface area contributed by atoms with Gasteiger partial charge in [0, 0.05) is 26.2 Å². The first kappa shape index (κ1) is 19.3. The number of nitrogens with zero attached hydrogens (tertiary/aromatic N) is 1. The zero-order valence-corrected chi connectivity index (χ0v) is 15.7. The number of hydrogen-bond donors (Lipinski definition) is 0. The lowest BCUT2D eigenvalue weighted by Crippen LogP contribution is -2.45. The van der Waals surface area contributed by atoms with Crippen molar-refractivity contribution >= 4 is 15.9 Å². The molecule has 0 saturated carbocycles. The molecule has 0 aliphatic heterocycles. The maximum Gasteiger partial charge on any atom is 0.358 e. The molecule has 0 amide bonds. The fourth-order valence-electron chi connectivity index (χ4n) is 2.15. The summed E-state index contributed by atoms with van der Waals surface area (Å²) in [5.74, 6) is -0.566. The molecule has 0 saturated heterocycles. The standard InChI is InChI=1S/C12H30NO4PSi/c1-12(2,10-13(3)4)11(17-19(7,8)9)18(14,15-5)16-6/h11H,10H2,1-9H3. The second-order valence-electron chi connectivity index (χ2n) is 6.71. The molecule has 0 spiro atoms. The zero-order valence-electron chi connectivity index (χ0n) is 13.8. The van der Waals surface area contributed by atoms with Gasteiger partial charge in [-0.15, -0.1) is 0 Å². The van der Waals surface area contributed by atoms with E-state index >= 15 is 0 Å². The Labute approximate surface area is 119 Å². The molecule has 0 aromatic heterocycles. The van der Waals surface area contributed by atoms with Crippen LogP contribution in [-0.2, 0) is 18.0 Å². The van der Waals surface area contributed by atoms with E-state index in [1.807, 2.05) is 27.9 Å². The maximum atomic E-state index is 12.8. The summed E-state index contributed by atoms with van der Waals surface area (Å²) in [5, 5.41) is 0. The first-order valence-electron chi connectivity index (χ1n) is 6.42. The Morgan fingerprint density at radius 1 is 1.16 bits per heavy atom. The number of rotatable bonds is 8. The van der Waals surface area contributed by atoms with Gasteiger partial charge in [0.25, 0.3) is 0 Å². The van der Waals surface area contributed by atoms with E-state index in [2.05, 4.69) is 24.5 Å². The molecule has 1 unspecified atom stereocenters. The molecule has 0 aliphatic rings. The molecule has 0 N–H and O–H groups in total. The minimum absolute atomic E-state index is 0.342. The first-order valence-corrected chi connectivity index (χ1v) is 11.4. The van der Waals surface area contributed by atoms with E-state index in [0.717, 1.165) is 6.54 Å². The van der Waals surface area contributed by atoms with Gasteiger partial charge in [-0.1, -0.05) is 13.8 Å². The highest BCUT2D eigenvalue weighted by Gasteiger charge is 2.48. The molecule has 0 aliphatic carbocycles. The Hall–Kier alpha value is 0.287. The molecule has 116 valence electrons. The normalized spacial score (nSPS) is 15.9. The third-order valence-corrected chi connectivity index (χ3v) is 6.19. The Morgan fingerprint density at radius 3 is 1.84 bits per heavy atom. The Morgan fingerprint density at radius 2 is 1.58 bits per heavy atom. The molecule has 0 heterocycles. The minimum Gasteiger partial charge on any atom is -0.403 e. The van der Waals surface area contributed by atoms with Crippen LogP contribution in [0.15, 0.2) is 0 Å². The first-order chi connectivity index (χ1) is 8.38. The van der Waals surface area contributed by atoms with Crippen molar-refractivity contribution in [1.82, 2.24) is 4.90 Å². The van der Waals surface area contributed by atoms with Crippen LogP contribution in [0.3, 0.4) is 0 Å². The van der Waals surface area contributed by atoms with E-state index in [-0.39, 0.29) is 5.41 Å². The fourth-order valence-corrected chi connectivity index (χ4v) is 6.07. The highest BCUT2D eigenvalue weighted by Crippen LogP contribution is 2.58. The van der Waals surface area contributed by atoms with Gasteiger partial charge in [-0.2, -0.15) is 0 Å². The molecule has 0 fully saturated rings. The smallest absolute Gasteiger partial charge is 0.358 e. The summed E-state index contributed by atoms with van der Waals surface area (Å²) in [6.07, 6.45) is 0. The Bertz CT molecular complexity index is 320. The van der Waals surface area contributed by atoms with Crippen LogP contribution in [0, 0.1) is 5.41 Å². The van der Waals surface area contributed by atoms with E-state index in [9.17, 15) is 4.57 Å². The van der Waals surface area contributed by atoms with Crippen molar-refractivity contribution in [1.29, 1.82) is 0 Å². The SMILES string of the molecule is COP(=O)(OC)C(O[Si](C)(C)C)C(C)(C)CN(C)C. The van der Waals surface area contributed by atoms with E-state index in [1.54, 1.807) is 0 Å². The molecule has 0 bridgehead atoms. The average Bonchev–Trinajstić information content (AvgIpc) is 2.22. The zero-order chi connectivity index (χ0) is 15.5. The Balaban J connectivity index is 5.45. The summed E-state index contributed by atoms with van der Waals surface area (Å²) in [6.45, 7) is 11.0. The molecular weight excluding hydrogens is 281 g/mol. The van der Waals surface area contributed by atoms with E-state index in [4.69, 9.17) is 13.5 Å². The van der Waals surface area contributed by atoms with Crippen LogP contribution in [-0.4, -0.2) is 53.9 Å². The summed E-state index contributed by atoms with van der Waals surface area (Å²) >= 11 is 0. The molecule has 1 atom stereocenters. The monoisotopic (exact) mass is 311 g/mol. The summed E-state index contributed by atoms with van der Waals surface area (Å²) in [4.78, 5) is 2.05. The quantitative estimate of drug-likeness (QED) is 0.509. The third kappa shape index (κ3) is 6.06. The second kappa shape index (κ2) is 6.83. The van der Waals surface area contributed by atoms with Gasteiger partial charge >= 0.3 is 7.60 Å². The van der Waals surface area contributed by atoms with Gasteiger partial charge in [0.1, 0.15) is 0 Å². The lowest BCUT2D eigenvalue weighted by molar-refractivity contribution is 0.0734. The van der Waals surface area contributed by atoms with Crippen LogP contribution in [0.5, 0.6) is 0 Å². The topological polar surface area (TPSA) is 48.0 Å². The second-order valence-corrected chi connectivity index (χ2v) is 13.5. The van der Waals surface area contributed by atoms with Gasteiger partial charge in [-0.25, -0.2) is 0 Å². The molecular formula is C12H30NO4PSi. The van der Waals surface area contributed by atoms with Gasteiger partial charge in [0.15, 0.2) is 14.2 Å². The summed E-state index contributed by atoms with van der Waals surface area (Å²) in [7, 11) is 1.64. The average molecular weight is 311 g/mol. The van der Waals surface area contributed by atoms with Crippen molar-refractivity contribution < 1.29 is 18.0 Å². The summed E-state index contributed by atoms with van der Waals surface area (Å²) in [6, 6.07) is 0. The van der Waals surface area contributed by atoms with Crippen molar-refractivity contribution in [2.24, 2.45) is 5.41 Å². The van der Waals surface area contributed by atoms with Crippen molar-refractivity contribution in [2.75, 3.05) is 34.9 Å². The van der Waals surface area contributed by atoms with Crippen LogP contribution in [0.4, 0.5) is 0 Å². The van der Waals surface area contributed by atoms with Crippen molar-refractivity contribution in [3.05, 3.63) is 0 Å². The molecule has 19 heavy (non-hydrogen) atoms. The number of hydrogen-bond acceptors (Lipinski definition) is 5. The summed E-state index contributed by atoms with van der Waals surface area (Å²) in [5.41, 5.74) is -0.342. The van der Waals surface area contributed by atoms with Crippen molar-refractivity contribution in [3.8, 4) is 0 Å². The predicted molar refractivity (Wildman–Crippen MR) is 82.2 cm³/mol. The van der Waals surface area contributed by atoms with Gasteiger partial charge in [-0.05, 0) is 33.7 Å². The summed E-state index contributed by atoms with van der Waals surface area (Å²) < 4.78 is 29.3.